The number of anilines is 1. The first-order valence-corrected chi connectivity index (χ1v) is 5.80. The highest BCUT2D eigenvalue weighted by Crippen LogP contribution is 2.19. The molecule has 0 aliphatic rings. The van der Waals surface area contributed by atoms with E-state index in [1.165, 1.54) is 7.11 Å². The number of aryl methyl sites for hydroxylation is 1. The van der Waals surface area contributed by atoms with Crippen LogP contribution in [-0.4, -0.2) is 29.6 Å². The molecule has 6 heteroatoms. The predicted molar refractivity (Wildman–Crippen MR) is 66.3 cm³/mol. The quantitative estimate of drug-likeness (QED) is 0.645. The highest BCUT2D eigenvalue weighted by molar-refractivity contribution is 6.30. The third kappa shape index (κ3) is 3.85. The first kappa shape index (κ1) is 13.7. The van der Waals surface area contributed by atoms with Crippen molar-refractivity contribution in [1.82, 2.24) is 9.97 Å². The van der Waals surface area contributed by atoms with Crippen molar-refractivity contribution in [3.63, 3.8) is 0 Å². The van der Waals surface area contributed by atoms with E-state index < -0.39 is 0 Å². The molecule has 0 bridgehead atoms. The number of esters is 1. The van der Waals surface area contributed by atoms with Crippen LogP contribution in [0.15, 0.2) is 0 Å². The Morgan fingerprint density at radius 1 is 1.47 bits per heavy atom. The van der Waals surface area contributed by atoms with Gasteiger partial charge in [-0.05, 0) is 6.92 Å². The fraction of sp³-hybridized carbons (Fsp3) is 0.545. The lowest BCUT2D eigenvalue weighted by Crippen LogP contribution is -2.12. The van der Waals surface area contributed by atoms with E-state index in [1.54, 1.807) is 0 Å². The molecule has 1 aromatic rings. The summed E-state index contributed by atoms with van der Waals surface area (Å²) < 4.78 is 4.55. The number of carbonyl (C=O) groups excluding carboxylic acids is 1. The molecule has 0 aromatic carbocycles. The predicted octanol–water partition coefficient (Wildman–Crippen LogP) is 1.98. The summed E-state index contributed by atoms with van der Waals surface area (Å²) in [5.41, 5.74) is 0.786. The van der Waals surface area contributed by atoms with Crippen molar-refractivity contribution < 1.29 is 9.53 Å². The molecule has 1 aromatic heterocycles. The number of aromatic nitrogens is 2. The number of ether oxygens (including phenoxy) is 1. The van der Waals surface area contributed by atoms with Crippen LogP contribution >= 0.6 is 11.6 Å². The van der Waals surface area contributed by atoms with Gasteiger partial charge in [0, 0.05) is 18.5 Å². The van der Waals surface area contributed by atoms with Gasteiger partial charge in [0.15, 0.2) is 0 Å². The summed E-state index contributed by atoms with van der Waals surface area (Å²) in [7, 11) is 1.37. The van der Waals surface area contributed by atoms with Crippen molar-refractivity contribution in [1.29, 1.82) is 0 Å². The molecular formula is C11H16ClN3O2. The number of halogens is 1. The van der Waals surface area contributed by atoms with Crippen LogP contribution in [0.2, 0.25) is 5.15 Å². The Kier molecular flexibility index (Phi) is 5.15. The lowest BCUT2D eigenvalue weighted by molar-refractivity contribution is -0.140. The van der Waals surface area contributed by atoms with Crippen LogP contribution in [0, 0.1) is 6.92 Å². The molecule has 0 saturated carbocycles. The van der Waals surface area contributed by atoms with Crippen molar-refractivity contribution in [2.75, 3.05) is 19.0 Å². The molecular weight excluding hydrogens is 242 g/mol. The molecule has 0 saturated heterocycles. The van der Waals surface area contributed by atoms with Crippen LogP contribution in [0.4, 0.5) is 5.82 Å². The van der Waals surface area contributed by atoms with Gasteiger partial charge < -0.3 is 10.1 Å². The van der Waals surface area contributed by atoms with Crippen LogP contribution in [0.3, 0.4) is 0 Å². The smallest absolute Gasteiger partial charge is 0.307 e. The number of hydrogen-bond acceptors (Lipinski definition) is 5. The number of nitrogens with one attached hydrogen (secondary N) is 1. The van der Waals surface area contributed by atoms with E-state index in [9.17, 15) is 4.79 Å². The van der Waals surface area contributed by atoms with Crippen LogP contribution < -0.4 is 5.32 Å². The minimum absolute atomic E-state index is 0.258. The van der Waals surface area contributed by atoms with Gasteiger partial charge in [-0.15, -0.1) is 0 Å². The molecule has 1 heterocycles. The first-order chi connectivity index (χ1) is 8.08. The summed E-state index contributed by atoms with van der Waals surface area (Å²) in [5.74, 6) is 1.10. The van der Waals surface area contributed by atoms with E-state index >= 15 is 0 Å². The highest BCUT2D eigenvalue weighted by Gasteiger charge is 2.08. The number of methoxy groups -OCH3 is 1. The Morgan fingerprint density at radius 2 is 2.18 bits per heavy atom. The molecule has 94 valence electrons. The van der Waals surface area contributed by atoms with Gasteiger partial charge in [0.2, 0.25) is 0 Å². The van der Waals surface area contributed by atoms with Gasteiger partial charge in [-0.3, -0.25) is 4.79 Å². The maximum atomic E-state index is 11.0. The number of rotatable bonds is 5. The average molecular weight is 258 g/mol. The Bertz CT molecular complexity index is 410. The molecule has 5 nitrogen and oxygen atoms in total. The van der Waals surface area contributed by atoms with Crippen LogP contribution in [-0.2, 0) is 16.0 Å². The van der Waals surface area contributed by atoms with Crippen molar-refractivity contribution in [3.05, 3.63) is 16.5 Å². The van der Waals surface area contributed by atoms with Crippen molar-refractivity contribution in [2.24, 2.45) is 0 Å². The molecule has 0 radical (unpaired) electrons. The molecule has 0 unspecified atom stereocenters. The summed E-state index contributed by atoms with van der Waals surface area (Å²) in [6, 6.07) is 0. The molecule has 0 fully saturated rings. The summed E-state index contributed by atoms with van der Waals surface area (Å²) in [6.07, 6.45) is 1.00. The van der Waals surface area contributed by atoms with Gasteiger partial charge in [0.05, 0.1) is 13.5 Å². The second kappa shape index (κ2) is 6.39. The summed E-state index contributed by atoms with van der Waals surface area (Å²) in [6.45, 7) is 4.26. The zero-order chi connectivity index (χ0) is 12.8. The van der Waals surface area contributed by atoms with Crippen molar-refractivity contribution in [3.8, 4) is 0 Å². The molecule has 0 aliphatic carbocycles. The van der Waals surface area contributed by atoms with E-state index in [4.69, 9.17) is 11.6 Å². The number of nitrogens with zero attached hydrogens (tertiary/aromatic N) is 2. The van der Waals surface area contributed by atoms with E-state index in [0.717, 1.165) is 5.56 Å². The molecule has 1 N–H and O–H groups in total. The van der Waals surface area contributed by atoms with Gasteiger partial charge in [0.25, 0.3) is 0 Å². The maximum absolute atomic E-state index is 11.0. The zero-order valence-electron chi connectivity index (χ0n) is 10.2. The van der Waals surface area contributed by atoms with E-state index in [0.29, 0.717) is 36.2 Å². The molecule has 0 atom stereocenters. The lowest BCUT2D eigenvalue weighted by atomic mass is 10.3. The SMILES string of the molecule is CCc1nc(Cl)c(C)c(NCCC(=O)OC)n1. The third-order valence-electron chi connectivity index (χ3n) is 2.30. The molecule has 0 amide bonds. The Balaban J connectivity index is 2.69. The van der Waals surface area contributed by atoms with E-state index in [2.05, 4.69) is 20.0 Å². The summed E-state index contributed by atoms with van der Waals surface area (Å²) >= 11 is 5.98. The molecule has 17 heavy (non-hydrogen) atoms. The second-order valence-electron chi connectivity index (χ2n) is 3.51. The van der Waals surface area contributed by atoms with Crippen molar-refractivity contribution in [2.45, 2.75) is 26.7 Å². The Labute approximate surface area is 106 Å². The van der Waals surface area contributed by atoms with Crippen LogP contribution in [0.25, 0.3) is 0 Å². The number of hydrogen-bond donors (Lipinski definition) is 1. The van der Waals surface area contributed by atoms with Crippen LogP contribution in [0.1, 0.15) is 24.7 Å². The van der Waals surface area contributed by atoms with E-state index in [1.807, 2.05) is 13.8 Å². The molecule has 0 aliphatic heterocycles. The average Bonchev–Trinajstić information content (AvgIpc) is 2.33. The van der Waals surface area contributed by atoms with Gasteiger partial charge in [-0.1, -0.05) is 18.5 Å². The van der Waals surface area contributed by atoms with Gasteiger partial charge in [-0.2, -0.15) is 0 Å². The standard InChI is InChI=1S/C11H16ClN3O2/c1-4-8-14-10(12)7(2)11(15-8)13-6-5-9(16)17-3/h4-6H2,1-3H3,(H,13,14,15). The maximum Gasteiger partial charge on any atom is 0.307 e. The van der Waals surface area contributed by atoms with Gasteiger partial charge in [0.1, 0.15) is 16.8 Å². The Hall–Kier alpha value is -1.36. The minimum atomic E-state index is -0.258. The monoisotopic (exact) mass is 257 g/mol. The fourth-order valence-electron chi connectivity index (χ4n) is 1.25. The second-order valence-corrected chi connectivity index (χ2v) is 3.87. The number of carbonyl (C=O) groups is 1. The highest BCUT2D eigenvalue weighted by atomic mass is 35.5. The summed E-state index contributed by atoms with van der Waals surface area (Å²) in [4.78, 5) is 19.4. The molecule has 1 rings (SSSR count). The lowest BCUT2D eigenvalue weighted by Gasteiger charge is -2.10. The Morgan fingerprint density at radius 3 is 2.76 bits per heavy atom. The third-order valence-corrected chi connectivity index (χ3v) is 2.67. The first-order valence-electron chi connectivity index (χ1n) is 5.42. The van der Waals surface area contributed by atoms with E-state index in [-0.39, 0.29) is 5.97 Å². The molecule has 0 spiro atoms. The van der Waals surface area contributed by atoms with Gasteiger partial charge in [-0.25, -0.2) is 9.97 Å². The van der Waals surface area contributed by atoms with Gasteiger partial charge >= 0.3 is 5.97 Å². The van der Waals surface area contributed by atoms with Crippen molar-refractivity contribution >= 4 is 23.4 Å². The largest absolute Gasteiger partial charge is 0.469 e. The fourth-order valence-corrected chi connectivity index (χ4v) is 1.44. The van der Waals surface area contributed by atoms with Crippen LogP contribution in [0.5, 0.6) is 0 Å². The summed E-state index contributed by atoms with van der Waals surface area (Å²) in [5, 5.41) is 3.50. The zero-order valence-corrected chi connectivity index (χ0v) is 11.0. The minimum Gasteiger partial charge on any atom is -0.469 e. The topological polar surface area (TPSA) is 64.1 Å². The normalized spacial score (nSPS) is 10.1.